The maximum atomic E-state index is 5.65. The highest BCUT2D eigenvalue weighted by Crippen LogP contribution is 2.40. The van der Waals surface area contributed by atoms with Crippen LogP contribution in [0.2, 0.25) is 0 Å². The molecule has 82 valence electrons. The van der Waals surface area contributed by atoms with E-state index < -0.39 is 0 Å². The second kappa shape index (κ2) is 3.70. The van der Waals surface area contributed by atoms with Crippen molar-refractivity contribution in [1.82, 2.24) is 10.2 Å². The summed E-state index contributed by atoms with van der Waals surface area (Å²) in [7, 11) is 0. The van der Waals surface area contributed by atoms with E-state index in [-0.39, 0.29) is 0 Å². The van der Waals surface area contributed by atoms with Gasteiger partial charge >= 0.3 is 0 Å². The minimum atomic E-state index is 0.509. The molecule has 1 heterocycles. The third kappa shape index (κ3) is 1.78. The Morgan fingerprint density at radius 1 is 1.31 bits per heavy atom. The van der Waals surface area contributed by atoms with Crippen LogP contribution in [-0.2, 0) is 0 Å². The second-order valence-corrected chi connectivity index (χ2v) is 5.04. The predicted octanol–water partition coefficient (Wildman–Crippen LogP) is 3.68. The summed E-state index contributed by atoms with van der Waals surface area (Å²) in [6, 6.07) is 6.06. The summed E-state index contributed by atoms with van der Waals surface area (Å²) in [5, 5.41) is 8.16. The first-order valence-corrected chi connectivity index (χ1v) is 6.13. The lowest BCUT2D eigenvalue weighted by Gasteiger charge is -1.99. The van der Waals surface area contributed by atoms with E-state index >= 15 is 0 Å². The molecule has 3 nitrogen and oxygen atoms in total. The molecule has 0 N–H and O–H groups in total. The zero-order valence-electron chi connectivity index (χ0n) is 8.90. The Kier molecular flexibility index (Phi) is 2.32. The van der Waals surface area contributed by atoms with E-state index in [1.54, 1.807) is 0 Å². The summed E-state index contributed by atoms with van der Waals surface area (Å²) < 4.78 is 6.71. The average molecular weight is 279 g/mol. The van der Waals surface area contributed by atoms with Gasteiger partial charge in [-0.3, -0.25) is 0 Å². The lowest BCUT2D eigenvalue weighted by Crippen LogP contribution is -1.80. The number of benzene rings is 1. The van der Waals surface area contributed by atoms with Gasteiger partial charge in [-0.1, -0.05) is 22.0 Å². The van der Waals surface area contributed by atoms with Crippen LogP contribution in [0.5, 0.6) is 0 Å². The Bertz CT molecular complexity index is 532. The molecular formula is C12H11BrN2O. The van der Waals surface area contributed by atoms with Gasteiger partial charge in [0.1, 0.15) is 0 Å². The fourth-order valence-corrected chi connectivity index (χ4v) is 1.95. The van der Waals surface area contributed by atoms with Gasteiger partial charge in [0.2, 0.25) is 11.8 Å². The first-order chi connectivity index (χ1) is 7.74. The molecule has 1 aromatic carbocycles. The highest BCUT2D eigenvalue weighted by Gasteiger charge is 2.29. The minimum Gasteiger partial charge on any atom is -0.420 e. The van der Waals surface area contributed by atoms with Crippen LogP contribution in [-0.4, -0.2) is 10.2 Å². The Morgan fingerprint density at radius 3 is 2.81 bits per heavy atom. The molecule has 1 aliphatic rings. The molecule has 0 spiro atoms. The van der Waals surface area contributed by atoms with Gasteiger partial charge in [-0.15, -0.1) is 10.2 Å². The summed E-state index contributed by atoms with van der Waals surface area (Å²) in [5.41, 5.74) is 2.17. The molecule has 3 rings (SSSR count). The molecule has 1 fully saturated rings. The molecule has 16 heavy (non-hydrogen) atoms. The van der Waals surface area contributed by atoms with E-state index in [1.807, 2.05) is 18.2 Å². The highest BCUT2D eigenvalue weighted by atomic mass is 79.9. The smallest absolute Gasteiger partial charge is 0.247 e. The Balaban J connectivity index is 1.97. The number of halogens is 1. The third-order valence-electron chi connectivity index (χ3n) is 2.79. The minimum absolute atomic E-state index is 0.509. The van der Waals surface area contributed by atoms with E-state index in [4.69, 9.17) is 4.42 Å². The summed E-state index contributed by atoms with van der Waals surface area (Å²) in [5.74, 6) is 1.91. The van der Waals surface area contributed by atoms with Crippen molar-refractivity contribution < 1.29 is 4.42 Å². The Labute approximate surface area is 102 Å². The lowest BCUT2D eigenvalue weighted by molar-refractivity contribution is 0.508. The molecule has 0 bridgehead atoms. The fourth-order valence-electron chi connectivity index (χ4n) is 1.57. The lowest BCUT2D eigenvalue weighted by atomic mass is 10.1. The van der Waals surface area contributed by atoms with Crippen LogP contribution in [0.4, 0.5) is 0 Å². The molecule has 0 amide bonds. The van der Waals surface area contributed by atoms with Crippen LogP contribution in [0, 0.1) is 6.92 Å². The number of aromatic nitrogens is 2. The third-order valence-corrected chi connectivity index (χ3v) is 3.64. The van der Waals surface area contributed by atoms with Crippen LogP contribution < -0.4 is 0 Å². The molecule has 1 aliphatic carbocycles. The summed E-state index contributed by atoms with van der Waals surface area (Å²) >= 11 is 3.50. The normalized spacial score (nSPS) is 15.4. The van der Waals surface area contributed by atoms with Crippen molar-refractivity contribution in [3.8, 4) is 11.5 Å². The molecule has 0 atom stereocenters. The van der Waals surface area contributed by atoms with Gasteiger partial charge in [0.15, 0.2) is 0 Å². The van der Waals surface area contributed by atoms with Gasteiger partial charge in [0.05, 0.1) is 0 Å². The van der Waals surface area contributed by atoms with Crippen LogP contribution in [0.3, 0.4) is 0 Å². The van der Waals surface area contributed by atoms with Gasteiger partial charge in [-0.2, -0.15) is 0 Å². The van der Waals surface area contributed by atoms with Gasteiger partial charge in [0.25, 0.3) is 0 Å². The summed E-state index contributed by atoms with van der Waals surface area (Å²) in [6.07, 6.45) is 2.36. The monoisotopic (exact) mass is 278 g/mol. The van der Waals surface area contributed by atoms with Gasteiger partial charge in [-0.25, -0.2) is 0 Å². The standard InChI is InChI=1S/C12H11BrN2O/c1-7-2-3-9(6-10(7)13)12-15-14-11(16-12)8-4-5-8/h2-3,6,8H,4-5H2,1H3. The van der Waals surface area contributed by atoms with Crippen LogP contribution >= 0.6 is 15.9 Å². The predicted molar refractivity (Wildman–Crippen MR) is 64.1 cm³/mol. The van der Waals surface area contributed by atoms with Crippen molar-refractivity contribution >= 4 is 15.9 Å². The molecule has 0 saturated heterocycles. The first-order valence-electron chi connectivity index (χ1n) is 5.34. The molecule has 1 saturated carbocycles. The zero-order chi connectivity index (χ0) is 11.1. The van der Waals surface area contributed by atoms with E-state index in [1.165, 1.54) is 18.4 Å². The Morgan fingerprint density at radius 2 is 2.12 bits per heavy atom. The quantitative estimate of drug-likeness (QED) is 0.841. The topological polar surface area (TPSA) is 38.9 Å². The van der Waals surface area contributed by atoms with E-state index in [0.717, 1.165) is 15.9 Å². The molecule has 4 heteroatoms. The second-order valence-electron chi connectivity index (χ2n) is 4.18. The van der Waals surface area contributed by atoms with E-state index in [0.29, 0.717) is 11.8 Å². The van der Waals surface area contributed by atoms with Gasteiger partial charge in [0, 0.05) is 16.0 Å². The maximum absolute atomic E-state index is 5.65. The number of aryl methyl sites for hydroxylation is 1. The molecule has 1 aromatic heterocycles. The molecule has 2 aromatic rings. The van der Waals surface area contributed by atoms with Crippen molar-refractivity contribution in [3.05, 3.63) is 34.1 Å². The number of hydrogen-bond donors (Lipinski definition) is 0. The van der Waals surface area contributed by atoms with E-state index in [9.17, 15) is 0 Å². The molecular weight excluding hydrogens is 268 g/mol. The largest absolute Gasteiger partial charge is 0.420 e. The molecule has 0 radical (unpaired) electrons. The number of hydrogen-bond acceptors (Lipinski definition) is 3. The zero-order valence-corrected chi connectivity index (χ0v) is 10.5. The van der Waals surface area contributed by atoms with Crippen molar-refractivity contribution in [1.29, 1.82) is 0 Å². The van der Waals surface area contributed by atoms with E-state index in [2.05, 4.69) is 33.1 Å². The first kappa shape index (κ1) is 10.0. The average Bonchev–Trinajstić information content (AvgIpc) is 3.01. The molecule has 0 aliphatic heterocycles. The van der Waals surface area contributed by atoms with Crippen molar-refractivity contribution in [2.75, 3.05) is 0 Å². The molecule has 0 unspecified atom stereocenters. The fraction of sp³-hybridized carbons (Fsp3) is 0.333. The summed E-state index contributed by atoms with van der Waals surface area (Å²) in [6.45, 7) is 2.05. The highest BCUT2D eigenvalue weighted by molar-refractivity contribution is 9.10. The van der Waals surface area contributed by atoms with Gasteiger partial charge < -0.3 is 4.42 Å². The summed E-state index contributed by atoms with van der Waals surface area (Å²) in [4.78, 5) is 0. The van der Waals surface area contributed by atoms with Crippen LogP contribution in [0.1, 0.15) is 30.2 Å². The van der Waals surface area contributed by atoms with Crippen molar-refractivity contribution in [2.24, 2.45) is 0 Å². The maximum Gasteiger partial charge on any atom is 0.247 e. The van der Waals surface area contributed by atoms with Crippen molar-refractivity contribution in [3.63, 3.8) is 0 Å². The van der Waals surface area contributed by atoms with Gasteiger partial charge in [-0.05, 0) is 37.5 Å². The van der Waals surface area contributed by atoms with Crippen molar-refractivity contribution in [2.45, 2.75) is 25.7 Å². The SMILES string of the molecule is Cc1ccc(-c2nnc(C3CC3)o2)cc1Br. The van der Waals surface area contributed by atoms with Crippen LogP contribution in [0.25, 0.3) is 11.5 Å². The van der Waals surface area contributed by atoms with Crippen LogP contribution in [0.15, 0.2) is 27.1 Å². The number of nitrogens with zero attached hydrogens (tertiary/aromatic N) is 2. The Hall–Kier alpha value is -1.16. The number of rotatable bonds is 2.